The van der Waals surface area contributed by atoms with Crippen LogP contribution < -0.4 is 0 Å². The molecule has 0 aliphatic heterocycles. The Morgan fingerprint density at radius 2 is 2.23 bits per heavy atom. The first kappa shape index (κ1) is 7.60. The molecule has 0 bridgehead atoms. The average Bonchev–Trinajstić information content (AvgIpc) is 2.51. The van der Waals surface area contributed by atoms with E-state index in [2.05, 4.69) is 5.16 Å². The highest BCUT2D eigenvalue weighted by Crippen LogP contribution is 2.25. The van der Waals surface area contributed by atoms with E-state index in [-0.39, 0.29) is 16.9 Å². The molecule has 0 aliphatic carbocycles. The van der Waals surface area contributed by atoms with Gasteiger partial charge in [-0.2, -0.15) is 0 Å². The largest absolute Gasteiger partial charge is 0.504 e. The molecule has 66 valence electrons. The number of carboxylic acids is 1. The lowest BCUT2D eigenvalue weighted by molar-refractivity contribution is 0.0696. The highest BCUT2D eigenvalue weighted by molar-refractivity contribution is 5.95. The summed E-state index contributed by atoms with van der Waals surface area (Å²) in [5.41, 5.74) is 0.207. The lowest BCUT2D eigenvalue weighted by atomic mass is 10.1. The van der Waals surface area contributed by atoms with Crippen LogP contribution in [0.1, 0.15) is 10.4 Å². The van der Waals surface area contributed by atoms with Crippen LogP contribution in [0.2, 0.25) is 0 Å². The Bertz CT molecular complexity index is 474. The van der Waals surface area contributed by atoms with Crippen molar-refractivity contribution in [3.8, 4) is 5.75 Å². The van der Waals surface area contributed by atoms with E-state index in [1.807, 2.05) is 0 Å². The first-order valence-corrected chi connectivity index (χ1v) is 3.49. The van der Waals surface area contributed by atoms with Gasteiger partial charge in [-0.15, -0.1) is 0 Å². The van der Waals surface area contributed by atoms with Gasteiger partial charge in [-0.3, -0.25) is 0 Å². The molecule has 1 aromatic heterocycles. The molecule has 2 N–H and O–H groups in total. The van der Waals surface area contributed by atoms with Crippen LogP contribution in [0.5, 0.6) is 5.75 Å². The normalized spacial score (nSPS) is 10.5. The molecule has 5 nitrogen and oxygen atoms in total. The Labute approximate surface area is 72.2 Å². The number of carboxylic acid groups (broad SMARTS) is 1. The zero-order valence-electron chi connectivity index (χ0n) is 6.39. The van der Waals surface area contributed by atoms with E-state index in [0.29, 0.717) is 5.39 Å². The molecular weight excluding hydrogens is 174 g/mol. The van der Waals surface area contributed by atoms with Crippen molar-refractivity contribution in [2.75, 3.05) is 0 Å². The van der Waals surface area contributed by atoms with Gasteiger partial charge >= 0.3 is 5.97 Å². The molecule has 0 saturated carbocycles. The molecule has 5 heteroatoms. The van der Waals surface area contributed by atoms with Crippen molar-refractivity contribution >= 4 is 16.9 Å². The molecule has 0 unspecified atom stereocenters. The summed E-state index contributed by atoms with van der Waals surface area (Å²) in [6, 6.07) is 2.50. The smallest absolute Gasteiger partial charge is 0.335 e. The van der Waals surface area contributed by atoms with Crippen molar-refractivity contribution in [3.63, 3.8) is 0 Å². The molecule has 1 heterocycles. The van der Waals surface area contributed by atoms with Crippen LogP contribution in [0.15, 0.2) is 22.9 Å². The van der Waals surface area contributed by atoms with Crippen LogP contribution in [-0.2, 0) is 0 Å². The minimum atomic E-state index is -1.10. The van der Waals surface area contributed by atoms with Gasteiger partial charge in [0.1, 0.15) is 0 Å². The topological polar surface area (TPSA) is 83.6 Å². The van der Waals surface area contributed by atoms with Crippen LogP contribution in [0.3, 0.4) is 0 Å². The predicted molar refractivity (Wildman–Crippen MR) is 42.6 cm³/mol. The molecule has 13 heavy (non-hydrogen) atoms. The third-order valence-electron chi connectivity index (χ3n) is 1.68. The summed E-state index contributed by atoms with van der Waals surface area (Å²) >= 11 is 0. The van der Waals surface area contributed by atoms with E-state index in [4.69, 9.17) is 9.63 Å². The lowest BCUT2D eigenvalue weighted by Crippen LogP contribution is -1.94. The Morgan fingerprint density at radius 1 is 1.46 bits per heavy atom. The zero-order chi connectivity index (χ0) is 9.42. The molecule has 0 radical (unpaired) electrons. The van der Waals surface area contributed by atoms with Crippen molar-refractivity contribution in [1.29, 1.82) is 0 Å². The molecule has 0 fully saturated rings. The number of phenolic OH excluding ortho intramolecular Hbond substituents is 1. The molecule has 0 amide bonds. The number of aromatic nitrogens is 1. The Kier molecular flexibility index (Phi) is 1.45. The van der Waals surface area contributed by atoms with Crippen molar-refractivity contribution < 1.29 is 19.5 Å². The Hall–Kier alpha value is -2.04. The third kappa shape index (κ3) is 1.10. The molecule has 1 aromatic carbocycles. The summed E-state index contributed by atoms with van der Waals surface area (Å²) in [6.07, 6.45) is 1.35. The van der Waals surface area contributed by atoms with Crippen LogP contribution >= 0.6 is 0 Å². The van der Waals surface area contributed by atoms with Gasteiger partial charge < -0.3 is 14.7 Å². The highest BCUT2D eigenvalue weighted by atomic mass is 16.5. The van der Waals surface area contributed by atoms with Crippen LogP contribution in [0, 0.1) is 0 Å². The second-order valence-electron chi connectivity index (χ2n) is 2.54. The Morgan fingerprint density at radius 3 is 2.92 bits per heavy atom. The van der Waals surface area contributed by atoms with Gasteiger partial charge in [0.25, 0.3) is 0 Å². The van der Waals surface area contributed by atoms with Crippen LogP contribution in [0.25, 0.3) is 11.0 Å². The van der Waals surface area contributed by atoms with Gasteiger partial charge in [-0.1, -0.05) is 5.16 Å². The fraction of sp³-hybridized carbons (Fsp3) is 0. The second-order valence-corrected chi connectivity index (χ2v) is 2.54. The first-order chi connectivity index (χ1) is 6.18. The van der Waals surface area contributed by atoms with Crippen molar-refractivity contribution in [2.45, 2.75) is 0 Å². The summed E-state index contributed by atoms with van der Waals surface area (Å²) in [5, 5.41) is 21.8. The predicted octanol–water partition coefficient (Wildman–Crippen LogP) is 1.23. The zero-order valence-corrected chi connectivity index (χ0v) is 6.39. The Balaban J connectivity index is 2.77. The molecule has 2 rings (SSSR count). The number of benzene rings is 1. The van der Waals surface area contributed by atoms with E-state index in [1.54, 1.807) is 0 Å². The van der Waals surface area contributed by atoms with Gasteiger partial charge in [0.15, 0.2) is 5.75 Å². The summed E-state index contributed by atoms with van der Waals surface area (Å²) in [5.74, 6) is -1.31. The molecular formula is C8H5NO4. The fourth-order valence-electron chi connectivity index (χ4n) is 1.09. The van der Waals surface area contributed by atoms with Crippen molar-refractivity contribution in [3.05, 3.63) is 23.9 Å². The number of carbonyl (C=O) groups is 1. The highest BCUT2D eigenvalue weighted by Gasteiger charge is 2.10. The van der Waals surface area contributed by atoms with Gasteiger partial charge in [0, 0.05) is 5.39 Å². The summed E-state index contributed by atoms with van der Waals surface area (Å²) in [7, 11) is 0. The number of hydrogen-bond acceptors (Lipinski definition) is 4. The maximum absolute atomic E-state index is 10.6. The van der Waals surface area contributed by atoms with Crippen LogP contribution in [0.4, 0.5) is 0 Å². The molecule has 2 aromatic rings. The third-order valence-corrected chi connectivity index (χ3v) is 1.68. The van der Waals surface area contributed by atoms with Gasteiger partial charge in [0.2, 0.25) is 5.58 Å². The number of aromatic carboxylic acids is 1. The van der Waals surface area contributed by atoms with E-state index in [0.717, 1.165) is 6.07 Å². The van der Waals surface area contributed by atoms with Crippen LogP contribution in [-0.4, -0.2) is 21.3 Å². The number of phenols is 1. The first-order valence-electron chi connectivity index (χ1n) is 3.49. The lowest BCUT2D eigenvalue weighted by Gasteiger charge is -1.95. The number of nitrogens with zero attached hydrogens (tertiary/aromatic N) is 1. The molecule has 0 saturated heterocycles. The number of hydrogen-bond donors (Lipinski definition) is 2. The summed E-state index contributed by atoms with van der Waals surface area (Å²) < 4.78 is 4.69. The SMILES string of the molecule is O=C(O)c1cc(O)c2oncc2c1. The second kappa shape index (κ2) is 2.48. The van der Waals surface area contributed by atoms with Gasteiger partial charge in [-0.25, -0.2) is 4.79 Å². The minimum absolute atomic E-state index is 0.00759. The van der Waals surface area contributed by atoms with Crippen molar-refractivity contribution in [1.82, 2.24) is 5.16 Å². The molecule has 0 atom stereocenters. The summed E-state index contributed by atoms with van der Waals surface area (Å²) in [6.45, 7) is 0. The monoisotopic (exact) mass is 179 g/mol. The minimum Gasteiger partial charge on any atom is -0.504 e. The van der Waals surface area contributed by atoms with Crippen molar-refractivity contribution in [2.24, 2.45) is 0 Å². The fourth-order valence-corrected chi connectivity index (χ4v) is 1.09. The molecule has 0 spiro atoms. The number of fused-ring (bicyclic) bond motifs is 1. The molecule has 0 aliphatic rings. The maximum Gasteiger partial charge on any atom is 0.335 e. The average molecular weight is 179 g/mol. The standard InChI is InChI=1S/C8H5NO4/c10-6-2-4(8(11)12)1-5-3-9-13-7(5)6/h1-3,10H,(H,11,12). The van der Waals surface area contributed by atoms with E-state index in [9.17, 15) is 9.90 Å². The van der Waals surface area contributed by atoms with E-state index in [1.165, 1.54) is 12.3 Å². The van der Waals surface area contributed by atoms with Gasteiger partial charge in [0.05, 0.1) is 11.8 Å². The maximum atomic E-state index is 10.6. The quantitative estimate of drug-likeness (QED) is 0.687. The number of aromatic hydroxyl groups is 1. The van der Waals surface area contributed by atoms with E-state index >= 15 is 0 Å². The van der Waals surface area contributed by atoms with Gasteiger partial charge in [-0.05, 0) is 12.1 Å². The van der Waals surface area contributed by atoms with E-state index < -0.39 is 5.97 Å². The summed E-state index contributed by atoms with van der Waals surface area (Å²) in [4.78, 5) is 10.6. The number of rotatable bonds is 1.